The van der Waals surface area contributed by atoms with Crippen molar-refractivity contribution < 1.29 is 4.79 Å². The quantitative estimate of drug-likeness (QED) is 0.820. The second-order valence-corrected chi connectivity index (χ2v) is 6.74. The Labute approximate surface area is 148 Å². The Morgan fingerprint density at radius 2 is 1.96 bits per heavy atom. The second-order valence-electron chi connectivity index (χ2n) is 6.74. The first-order valence-electron chi connectivity index (χ1n) is 8.23. The highest BCUT2D eigenvalue weighted by molar-refractivity contribution is 5.99. The third-order valence-corrected chi connectivity index (χ3v) is 3.86. The molecule has 1 amide bonds. The van der Waals surface area contributed by atoms with Gasteiger partial charge in [-0.2, -0.15) is 10.2 Å². The smallest absolute Gasteiger partial charge is 0.252 e. The van der Waals surface area contributed by atoms with Crippen molar-refractivity contribution in [3.8, 4) is 6.07 Å². The number of nitrogens with zero attached hydrogens (tertiary/aromatic N) is 4. The molecule has 1 N–H and O–H groups in total. The van der Waals surface area contributed by atoms with Gasteiger partial charge in [-0.25, -0.2) is 15.4 Å². The summed E-state index contributed by atoms with van der Waals surface area (Å²) in [5.41, 5.74) is 3.29. The molecule has 0 saturated carbocycles. The summed E-state index contributed by atoms with van der Waals surface area (Å²) in [5.74, 6) is 0.578. The van der Waals surface area contributed by atoms with Crippen molar-refractivity contribution in [2.45, 2.75) is 33.1 Å². The fraction of sp³-hybridized carbons (Fsp3) is 0.368. The normalized spacial score (nSPS) is 11.2. The molecule has 2 aromatic rings. The van der Waals surface area contributed by atoms with Crippen molar-refractivity contribution in [2.24, 2.45) is 5.92 Å². The Morgan fingerprint density at radius 1 is 1.28 bits per heavy atom. The van der Waals surface area contributed by atoms with E-state index in [2.05, 4.69) is 29.2 Å². The van der Waals surface area contributed by atoms with E-state index in [9.17, 15) is 4.79 Å². The van der Waals surface area contributed by atoms with E-state index in [1.165, 1.54) is 11.2 Å². The van der Waals surface area contributed by atoms with Gasteiger partial charge in [-0.1, -0.05) is 44.2 Å². The molecule has 0 aliphatic carbocycles. The third kappa shape index (κ3) is 4.40. The van der Waals surface area contributed by atoms with Crippen LogP contribution in [0.1, 0.15) is 39.1 Å². The number of hydrogen-bond donors (Lipinski definition) is 1. The van der Waals surface area contributed by atoms with Gasteiger partial charge in [-0.05, 0) is 25.3 Å². The Hall–Kier alpha value is -2.78. The zero-order chi connectivity index (χ0) is 18.4. The Kier molecular flexibility index (Phi) is 5.84. The molecule has 6 nitrogen and oxygen atoms in total. The molecular weight excluding hydrogens is 314 g/mol. The Morgan fingerprint density at radius 3 is 2.56 bits per heavy atom. The van der Waals surface area contributed by atoms with Crippen LogP contribution in [0.3, 0.4) is 0 Å². The van der Waals surface area contributed by atoms with Crippen molar-refractivity contribution in [3.05, 3.63) is 54.0 Å². The zero-order valence-corrected chi connectivity index (χ0v) is 15.0. The molecule has 1 aromatic carbocycles. The molecule has 0 radical (unpaired) electrons. The highest BCUT2D eigenvalue weighted by Gasteiger charge is 2.35. The summed E-state index contributed by atoms with van der Waals surface area (Å²) in [6.07, 6.45) is 1.48. The number of carbonyl (C=O) groups is 1. The topological polar surface area (TPSA) is 81.9 Å². The van der Waals surface area contributed by atoms with Gasteiger partial charge in [-0.3, -0.25) is 4.79 Å². The average molecular weight is 337 g/mol. The summed E-state index contributed by atoms with van der Waals surface area (Å²) in [4.78, 5) is 21.3. The third-order valence-electron chi connectivity index (χ3n) is 3.86. The summed E-state index contributed by atoms with van der Waals surface area (Å²) in [6, 6.07) is 13.1. The number of hydrogen-bond acceptors (Lipinski definition) is 5. The molecule has 25 heavy (non-hydrogen) atoms. The fourth-order valence-corrected chi connectivity index (χ4v) is 2.32. The average Bonchev–Trinajstić information content (AvgIpc) is 2.62. The number of anilines is 1. The SMILES string of the molecule is CC(C)CNN(C(=O)C(C)(C)c1ccccc1)c1ccnc(C#N)n1. The van der Waals surface area contributed by atoms with Crippen LogP contribution < -0.4 is 10.4 Å². The lowest BCUT2D eigenvalue weighted by molar-refractivity contribution is -0.123. The Balaban J connectivity index is 2.40. The van der Waals surface area contributed by atoms with Crippen LogP contribution in [0.15, 0.2) is 42.6 Å². The zero-order valence-electron chi connectivity index (χ0n) is 15.0. The van der Waals surface area contributed by atoms with Crippen LogP contribution >= 0.6 is 0 Å². The number of amides is 1. The maximum atomic E-state index is 13.3. The number of carbonyl (C=O) groups excluding carboxylic acids is 1. The van der Waals surface area contributed by atoms with Crippen LogP contribution in [-0.4, -0.2) is 22.4 Å². The summed E-state index contributed by atoms with van der Waals surface area (Å²) >= 11 is 0. The molecule has 0 aliphatic rings. The molecule has 130 valence electrons. The van der Waals surface area contributed by atoms with E-state index in [0.29, 0.717) is 18.3 Å². The predicted molar refractivity (Wildman–Crippen MR) is 96.5 cm³/mol. The van der Waals surface area contributed by atoms with E-state index in [-0.39, 0.29) is 11.7 Å². The van der Waals surface area contributed by atoms with E-state index in [1.54, 1.807) is 6.07 Å². The summed E-state index contributed by atoms with van der Waals surface area (Å²) in [5, 5.41) is 10.5. The van der Waals surface area contributed by atoms with E-state index in [0.717, 1.165) is 5.56 Å². The van der Waals surface area contributed by atoms with Crippen LogP contribution in [0.4, 0.5) is 5.82 Å². The minimum absolute atomic E-state index is 0.0270. The van der Waals surface area contributed by atoms with E-state index >= 15 is 0 Å². The molecule has 0 atom stereocenters. The van der Waals surface area contributed by atoms with Gasteiger partial charge in [0.25, 0.3) is 5.91 Å². The fourth-order valence-electron chi connectivity index (χ4n) is 2.32. The van der Waals surface area contributed by atoms with Gasteiger partial charge in [0.2, 0.25) is 5.82 Å². The standard InChI is InChI=1S/C19H23N5O/c1-14(2)13-22-24(17-10-11-21-16(12-20)23-17)18(25)19(3,4)15-8-6-5-7-9-15/h5-11,14,22H,13H2,1-4H3. The van der Waals surface area contributed by atoms with Crippen molar-refractivity contribution in [1.29, 1.82) is 5.26 Å². The molecule has 0 aliphatic heterocycles. The van der Waals surface area contributed by atoms with Crippen molar-refractivity contribution in [3.63, 3.8) is 0 Å². The Bertz CT molecular complexity index is 765. The first-order valence-corrected chi connectivity index (χ1v) is 8.23. The lowest BCUT2D eigenvalue weighted by Gasteiger charge is -2.32. The van der Waals surface area contributed by atoms with Crippen LogP contribution in [0.25, 0.3) is 0 Å². The predicted octanol–water partition coefficient (Wildman–Crippen LogP) is 2.82. The molecule has 0 unspecified atom stereocenters. The molecule has 0 fully saturated rings. The number of benzene rings is 1. The largest absolute Gasteiger partial charge is 0.272 e. The molecule has 0 spiro atoms. The molecule has 0 bridgehead atoms. The first-order chi connectivity index (χ1) is 11.9. The molecule has 1 heterocycles. The maximum Gasteiger partial charge on any atom is 0.252 e. The highest BCUT2D eigenvalue weighted by atomic mass is 16.2. The minimum Gasteiger partial charge on any atom is -0.272 e. The van der Waals surface area contributed by atoms with Gasteiger partial charge in [0.05, 0.1) is 5.41 Å². The van der Waals surface area contributed by atoms with Crippen LogP contribution in [0.5, 0.6) is 0 Å². The van der Waals surface area contributed by atoms with Gasteiger partial charge in [-0.15, -0.1) is 0 Å². The van der Waals surface area contributed by atoms with Crippen molar-refractivity contribution in [1.82, 2.24) is 15.4 Å². The van der Waals surface area contributed by atoms with Gasteiger partial charge in [0.15, 0.2) is 5.82 Å². The summed E-state index contributed by atoms with van der Waals surface area (Å²) < 4.78 is 0. The van der Waals surface area contributed by atoms with Crippen LogP contribution in [-0.2, 0) is 10.2 Å². The molecule has 0 saturated heterocycles. The lowest BCUT2D eigenvalue weighted by atomic mass is 9.83. The maximum absolute atomic E-state index is 13.3. The van der Waals surface area contributed by atoms with Gasteiger partial charge >= 0.3 is 0 Å². The number of nitriles is 1. The summed E-state index contributed by atoms with van der Waals surface area (Å²) in [6.45, 7) is 8.46. The molecule has 1 aromatic heterocycles. The summed E-state index contributed by atoms with van der Waals surface area (Å²) in [7, 11) is 0. The van der Waals surface area contributed by atoms with Gasteiger partial charge in [0, 0.05) is 18.8 Å². The number of aromatic nitrogens is 2. The molecular formula is C19H23N5O. The minimum atomic E-state index is -0.761. The molecule has 2 rings (SSSR count). The van der Waals surface area contributed by atoms with Crippen molar-refractivity contribution in [2.75, 3.05) is 11.6 Å². The van der Waals surface area contributed by atoms with E-state index in [1.807, 2.05) is 50.2 Å². The number of nitrogens with one attached hydrogen (secondary N) is 1. The van der Waals surface area contributed by atoms with Crippen molar-refractivity contribution >= 4 is 11.7 Å². The van der Waals surface area contributed by atoms with Gasteiger partial charge in [0.1, 0.15) is 6.07 Å². The highest BCUT2D eigenvalue weighted by Crippen LogP contribution is 2.27. The van der Waals surface area contributed by atoms with E-state index in [4.69, 9.17) is 5.26 Å². The second kappa shape index (κ2) is 7.86. The van der Waals surface area contributed by atoms with Gasteiger partial charge < -0.3 is 0 Å². The monoisotopic (exact) mass is 337 g/mol. The van der Waals surface area contributed by atoms with E-state index < -0.39 is 5.41 Å². The van der Waals surface area contributed by atoms with Crippen LogP contribution in [0.2, 0.25) is 0 Å². The number of rotatable bonds is 6. The lowest BCUT2D eigenvalue weighted by Crippen LogP contribution is -2.52. The molecule has 6 heteroatoms. The van der Waals surface area contributed by atoms with Crippen LogP contribution in [0, 0.1) is 17.2 Å². The number of hydrazine groups is 1. The first kappa shape index (κ1) is 18.6.